The maximum absolute atomic E-state index is 15.4. The van der Waals surface area contributed by atoms with Crippen molar-refractivity contribution in [2.75, 3.05) is 13.1 Å². The molecule has 0 radical (unpaired) electrons. The fraction of sp³-hybridized carbons (Fsp3) is 0.500. The number of H-pyrrole nitrogens is 1. The lowest BCUT2D eigenvalue weighted by atomic mass is 9.81. The first-order chi connectivity index (χ1) is 14.8. The second-order valence-electron chi connectivity index (χ2n) is 8.77. The number of fused-ring (bicyclic) bond motifs is 1. The van der Waals surface area contributed by atoms with Gasteiger partial charge in [0.05, 0.1) is 18.8 Å². The number of halogens is 3. The Morgan fingerprint density at radius 3 is 2.29 bits per heavy atom. The summed E-state index contributed by atoms with van der Waals surface area (Å²) in [6, 6.07) is 6.71. The Morgan fingerprint density at radius 2 is 1.68 bits per heavy atom. The van der Waals surface area contributed by atoms with Crippen LogP contribution in [-0.2, 0) is 23.6 Å². The Morgan fingerprint density at radius 1 is 1.00 bits per heavy atom. The van der Waals surface area contributed by atoms with Crippen LogP contribution in [0.5, 0.6) is 0 Å². The number of amides is 2. The van der Waals surface area contributed by atoms with Crippen molar-refractivity contribution in [3.8, 4) is 0 Å². The molecule has 3 aliphatic rings. The molecule has 1 aromatic carbocycles. The van der Waals surface area contributed by atoms with Gasteiger partial charge in [0.1, 0.15) is 5.67 Å². The first-order valence-corrected chi connectivity index (χ1v) is 11.0. The lowest BCUT2D eigenvalue weighted by Gasteiger charge is -2.36. The molecule has 1 aliphatic carbocycles. The molecule has 6 nitrogen and oxygen atoms in total. The second kappa shape index (κ2) is 7.29. The third-order valence-electron chi connectivity index (χ3n) is 6.87. The van der Waals surface area contributed by atoms with Crippen LogP contribution >= 0.6 is 11.6 Å². The minimum Gasteiger partial charge on any atom is -0.337 e. The van der Waals surface area contributed by atoms with Gasteiger partial charge >= 0.3 is 0 Å². The highest BCUT2D eigenvalue weighted by atomic mass is 35.5. The Kier molecular flexibility index (Phi) is 4.80. The van der Waals surface area contributed by atoms with E-state index in [1.165, 1.54) is 4.90 Å². The lowest BCUT2D eigenvalue weighted by molar-refractivity contribution is -0.150. The predicted molar refractivity (Wildman–Crippen MR) is 110 cm³/mol. The van der Waals surface area contributed by atoms with Gasteiger partial charge in [-0.05, 0) is 37.0 Å². The summed E-state index contributed by atoms with van der Waals surface area (Å²) < 4.78 is 30.0. The van der Waals surface area contributed by atoms with Crippen molar-refractivity contribution < 1.29 is 18.4 Å². The van der Waals surface area contributed by atoms with E-state index in [1.54, 1.807) is 29.2 Å². The van der Waals surface area contributed by atoms with Crippen LogP contribution in [0.25, 0.3) is 0 Å². The van der Waals surface area contributed by atoms with E-state index in [-0.39, 0.29) is 63.5 Å². The molecule has 3 heterocycles. The topological polar surface area (TPSA) is 69.3 Å². The fourth-order valence-electron chi connectivity index (χ4n) is 4.70. The third-order valence-corrected chi connectivity index (χ3v) is 7.13. The van der Waals surface area contributed by atoms with Gasteiger partial charge in [-0.25, -0.2) is 8.78 Å². The van der Waals surface area contributed by atoms with E-state index >= 15 is 4.39 Å². The Hall–Kier alpha value is -2.48. The number of alkyl halides is 2. The number of nitrogens with one attached hydrogen (secondary N) is 1. The number of aromatic nitrogens is 2. The van der Waals surface area contributed by atoms with Crippen LogP contribution in [0.2, 0.25) is 5.02 Å². The zero-order valence-corrected chi connectivity index (χ0v) is 17.7. The van der Waals surface area contributed by atoms with Crippen LogP contribution in [0.1, 0.15) is 59.4 Å². The summed E-state index contributed by atoms with van der Waals surface area (Å²) in [5.41, 5.74) is -1.16. The van der Waals surface area contributed by atoms with Gasteiger partial charge in [-0.15, -0.1) is 0 Å². The third kappa shape index (κ3) is 3.41. The number of hydrogen-bond acceptors (Lipinski definition) is 3. The number of aromatic amines is 1. The minimum atomic E-state index is -1.76. The van der Waals surface area contributed by atoms with Crippen molar-refractivity contribution in [2.24, 2.45) is 0 Å². The van der Waals surface area contributed by atoms with E-state index in [9.17, 15) is 14.0 Å². The number of benzene rings is 1. The predicted octanol–water partition coefficient (Wildman–Crippen LogP) is 3.90. The van der Waals surface area contributed by atoms with Crippen LogP contribution in [0.4, 0.5) is 8.78 Å². The molecule has 0 unspecified atom stereocenters. The molecular formula is C22H23ClF2N4O2. The summed E-state index contributed by atoms with van der Waals surface area (Å²) >= 11 is 5.90. The lowest BCUT2D eigenvalue weighted by Crippen LogP contribution is -2.48. The number of hydrogen-bond donors (Lipinski definition) is 1. The zero-order chi connectivity index (χ0) is 21.8. The number of rotatable bonds is 3. The van der Waals surface area contributed by atoms with Crippen LogP contribution < -0.4 is 0 Å². The van der Waals surface area contributed by atoms with Gasteiger partial charge in [0, 0.05) is 36.5 Å². The SMILES string of the molecule is O=C(c1n[nH]c2c1CN(C(=O)C1(F)CCC1)C2)N1CCC(F)(c2ccc(Cl)cc2)CC1. The van der Waals surface area contributed by atoms with Crippen molar-refractivity contribution in [3.63, 3.8) is 0 Å². The summed E-state index contributed by atoms with van der Waals surface area (Å²) in [5, 5.41) is 7.53. The van der Waals surface area contributed by atoms with Gasteiger partial charge in [-0.2, -0.15) is 5.10 Å². The largest absolute Gasteiger partial charge is 0.337 e. The standard InChI is InChI=1S/C22H23ClF2N4O2/c23-15-4-2-14(3-5-15)21(24)8-10-28(11-9-21)19(30)18-16-12-29(13-17(16)26-27-18)20(31)22(25)6-1-7-22/h2-5H,1,6-13H2,(H,26,27). The molecule has 1 saturated heterocycles. The molecule has 0 spiro atoms. The molecule has 5 rings (SSSR count). The summed E-state index contributed by atoms with van der Waals surface area (Å²) in [5.74, 6) is -0.798. The first kappa shape index (κ1) is 20.4. The molecule has 2 amide bonds. The smallest absolute Gasteiger partial charge is 0.274 e. The van der Waals surface area contributed by atoms with Crippen LogP contribution in [0, 0.1) is 0 Å². The highest BCUT2D eigenvalue weighted by Crippen LogP contribution is 2.40. The molecule has 164 valence electrons. The molecule has 2 aromatic rings. The molecule has 0 bridgehead atoms. The van der Waals surface area contributed by atoms with Crippen molar-refractivity contribution in [1.29, 1.82) is 0 Å². The quantitative estimate of drug-likeness (QED) is 0.774. The van der Waals surface area contributed by atoms with Crippen LogP contribution in [0.3, 0.4) is 0 Å². The molecular weight excluding hydrogens is 426 g/mol. The highest BCUT2D eigenvalue weighted by Gasteiger charge is 2.48. The van der Waals surface area contributed by atoms with Crippen LogP contribution in [0.15, 0.2) is 24.3 Å². The van der Waals surface area contributed by atoms with E-state index in [0.717, 1.165) is 0 Å². The van der Waals surface area contributed by atoms with Crippen molar-refractivity contribution in [2.45, 2.75) is 56.5 Å². The van der Waals surface area contributed by atoms with Gasteiger partial charge in [-0.3, -0.25) is 14.7 Å². The summed E-state index contributed by atoms with van der Waals surface area (Å²) in [6.45, 7) is 0.916. The molecule has 1 N–H and O–H groups in total. The summed E-state index contributed by atoms with van der Waals surface area (Å²) in [6.07, 6.45) is 1.59. The van der Waals surface area contributed by atoms with Gasteiger partial charge in [0.15, 0.2) is 11.4 Å². The molecule has 9 heteroatoms. The van der Waals surface area contributed by atoms with E-state index in [0.29, 0.717) is 28.3 Å². The van der Waals surface area contributed by atoms with Crippen molar-refractivity contribution in [1.82, 2.24) is 20.0 Å². The van der Waals surface area contributed by atoms with E-state index < -0.39 is 17.2 Å². The molecule has 1 aromatic heterocycles. The summed E-state index contributed by atoms with van der Waals surface area (Å²) in [7, 11) is 0. The molecule has 0 atom stereocenters. The van der Waals surface area contributed by atoms with Gasteiger partial charge in [-0.1, -0.05) is 23.7 Å². The normalized spacial score (nSPS) is 21.5. The van der Waals surface area contributed by atoms with Gasteiger partial charge in [0.2, 0.25) is 0 Å². The van der Waals surface area contributed by atoms with Gasteiger partial charge in [0.25, 0.3) is 11.8 Å². The fourth-order valence-corrected chi connectivity index (χ4v) is 4.82. The maximum Gasteiger partial charge on any atom is 0.274 e. The highest BCUT2D eigenvalue weighted by molar-refractivity contribution is 6.30. The van der Waals surface area contributed by atoms with E-state index in [1.807, 2.05) is 0 Å². The van der Waals surface area contributed by atoms with Gasteiger partial charge < -0.3 is 9.80 Å². The Balaban J connectivity index is 1.26. The summed E-state index contributed by atoms with van der Waals surface area (Å²) in [4.78, 5) is 28.6. The number of carbonyl (C=O) groups is 2. The average Bonchev–Trinajstić information content (AvgIpc) is 3.33. The van der Waals surface area contributed by atoms with Crippen LogP contribution in [-0.4, -0.2) is 50.6 Å². The molecule has 2 fully saturated rings. The Labute approximate surface area is 183 Å². The average molecular weight is 449 g/mol. The van der Waals surface area contributed by atoms with Crippen molar-refractivity contribution in [3.05, 3.63) is 51.8 Å². The number of carbonyl (C=O) groups excluding carboxylic acids is 2. The number of piperidine rings is 1. The zero-order valence-electron chi connectivity index (χ0n) is 17.0. The molecule has 1 saturated carbocycles. The molecule has 31 heavy (non-hydrogen) atoms. The minimum absolute atomic E-state index is 0.170. The number of likely N-dealkylation sites (tertiary alicyclic amines) is 1. The van der Waals surface area contributed by atoms with Crippen molar-refractivity contribution >= 4 is 23.4 Å². The van der Waals surface area contributed by atoms with E-state index in [4.69, 9.17) is 11.6 Å². The Bertz CT molecular complexity index is 1030. The maximum atomic E-state index is 15.4. The monoisotopic (exact) mass is 448 g/mol. The van der Waals surface area contributed by atoms with E-state index in [2.05, 4.69) is 10.2 Å². The second-order valence-corrected chi connectivity index (χ2v) is 9.21. The number of nitrogens with zero attached hydrogens (tertiary/aromatic N) is 3. The first-order valence-electron chi connectivity index (χ1n) is 10.6. The molecule has 2 aliphatic heterocycles.